The maximum absolute atomic E-state index is 12.6. The standard InChI is InChI=1S/C19H27N3O4/c1-26-17-6-2-4-15(12-17)19(25)22-10-8-21(9-11-22)18(24)14-20-7-3-5-16(23)13-20/h2,4,6,12,16,23H,3,5,7-11,13-14H2,1H3/t16-/m0/s1. The van der Waals surface area contributed by atoms with E-state index in [0.29, 0.717) is 50.6 Å². The van der Waals surface area contributed by atoms with Crippen molar-refractivity contribution >= 4 is 11.8 Å². The van der Waals surface area contributed by atoms with Crippen molar-refractivity contribution in [3.05, 3.63) is 29.8 Å². The molecule has 2 aliphatic rings. The van der Waals surface area contributed by atoms with Crippen LogP contribution in [0.2, 0.25) is 0 Å². The molecule has 2 saturated heterocycles. The summed E-state index contributed by atoms with van der Waals surface area (Å²) in [5.41, 5.74) is 0.603. The molecule has 7 heteroatoms. The topological polar surface area (TPSA) is 73.3 Å². The third kappa shape index (κ3) is 4.53. The van der Waals surface area contributed by atoms with Gasteiger partial charge >= 0.3 is 0 Å². The van der Waals surface area contributed by atoms with Gasteiger partial charge < -0.3 is 19.6 Å². The first-order valence-electron chi connectivity index (χ1n) is 9.18. The van der Waals surface area contributed by atoms with Crippen LogP contribution in [0.3, 0.4) is 0 Å². The molecule has 26 heavy (non-hydrogen) atoms. The number of methoxy groups -OCH3 is 1. The summed E-state index contributed by atoms with van der Waals surface area (Å²) in [6.45, 7) is 3.93. The minimum atomic E-state index is -0.325. The zero-order chi connectivity index (χ0) is 18.5. The van der Waals surface area contributed by atoms with Crippen molar-refractivity contribution in [2.75, 3.05) is 52.9 Å². The predicted octanol–water partition coefficient (Wildman–Crippen LogP) is 0.436. The first kappa shape index (κ1) is 18.7. The van der Waals surface area contributed by atoms with Crippen molar-refractivity contribution < 1.29 is 19.4 Å². The van der Waals surface area contributed by atoms with Gasteiger partial charge in [0, 0.05) is 38.3 Å². The first-order valence-corrected chi connectivity index (χ1v) is 9.18. The third-order valence-electron chi connectivity index (χ3n) is 5.08. The molecule has 0 saturated carbocycles. The number of hydrogen-bond donors (Lipinski definition) is 1. The Labute approximate surface area is 154 Å². The van der Waals surface area contributed by atoms with Gasteiger partial charge in [-0.1, -0.05) is 6.07 Å². The monoisotopic (exact) mass is 361 g/mol. The van der Waals surface area contributed by atoms with E-state index in [4.69, 9.17) is 4.74 Å². The molecule has 1 aromatic carbocycles. The lowest BCUT2D eigenvalue weighted by atomic mass is 10.1. The van der Waals surface area contributed by atoms with Gasteiger partial charge in [-0.25, -0.2) is 0 Å². The SMILES string of the molecule is COc1cccc(C(=O)N2CCN(C(=O)CN3CCC[C@H](O)C3)CC2)c1. The van der Waals surface area contributed by atoms with Crippen molar-refractivity contribution in [1.29, 1.82) is 0 Å². The first-order chi connectivity index (χ1) is 12.6. The molecule has 1 aromatic rings. The summed E-state index contributed by atoms with van der Waals surface area (Å²) in [6, 6.07) is 7.13. The summed E-state index contributed by atoms with van der Waals surface area (Å²) in [5, 5.41) is 9.72. The summed E-state index contributed by atoms with van der Waals surface area (Å²) < 4.78 is 5.17. The Balaban J connectivity index is 1.50. The van der Waals surface area contributed by atoms with Gasteiger partial charge in [-0.05, 0) is 37.6 Å². The number of carbonyl (C=O) groups excluding carboxylic acids is 2. The van der Waals surface area contributed by atoms with Crippen LogP contribution in [0.15, 0.2) is 24.3 Å². The number of carbonyl (C=O) groups is 2. The van der Waals surface area contributed by atoms with Crippen LogP contribution in [0, 0.1) is 0 Å². The number of nitrogens with zero attached hydrogens (tertiary/aromatic N) is 3. The quantitative estimate of drug-likeness (QED) is 0.842. The minimum absolute atomic E-state index is 0.0323. The van der Waals surface area contributed by atoms with E-state index < -0.39 is 0 Å². The average molecular weight is 361 g/mol. The Kier molecular flexibility index (Phi) is 6.11. The number of likely N-dealkylation sites (tertiary alicyclic amines) is 1. The highest BCUT2D eigenvalue weighted by Gasteiger charge is 2.27. The van der Waals surface area contributed by atoms with Crippen LogP contribution < -0.4 is 4.74 Å². The number of piperazine rings is 1. The minimum Gasteiger partial charge on any atom is -0.497 e. The zero-order valence-corrected chi connectivity index (χ0v) is 15.3. The van der Waals surface area contributed by atoms with Crippen molar-refractivity contribution in [1.82, 2.24) is 14.7 Å². The average Bonchev–Trinajstić information content (AvgIpc) is 2.67. The maximum atomic E-state index is 12.6. The number of β-amino-alcohol motifs (C(OH)–C–C–N with tert-alkyl or cyclic N) is 1. The molecule has 1 N–H and O–H groups in total. The highest BCUT2D eigenvalue weighted by atomic mass is 16.5. The number of rotatable bonds is 4. The van der Waals surface area contributed by atoms with Crippen molar-refractivity contribution in [2.24, 2.45) is 0 Å². The predicted molar refractivity (Wildman–Crippen MR) is 97.2 cm³/mol. The van der Waals surface area contributed by atoms with Crippen LogP contribution >= 0.6 is 0 Å². The number of aliphatic hydroxyl groups is 1. The fourth-order valence-corrected chi connectivity index (χ4v) is 3.56. The molecule has 2 fully saturated rings. The van der Waals surface area contributed by atoms with Crippen LogP contribution in [0.25, 0.3) is 0 Å². The van der Waals surface area contributed by atoms with Gasteiger partial charge in [-0.2, -0.15) is 0 Å². The van der Waals surface area contributed by atoms with Crippen LogP contribution in [0.4, 0.5) is 0 Å². The lowest BCUT2D eigenvalue weighted by Gasteiger charge is -2.37. The van der Waals surface area contributed by atoms with Crippen molar-refractivity contribution in [2.45, 2.75) is 18.9 Å². The van der Waals surface area contributed by atoms with E-state index in [2.05, 4.69) is 0 Å². The molecule has 142 valence electrons. The fourth-order valence-electron chi connectivity index (χ4n) is 3.56. The molecule has 0 aromatic heterocycles. The van der Waals surface area contributed by atoms with Crippen LogP contribution in [0.1, 0.15) is 23.2 Å². The number of amides is 2. The van der Waals surface area contributed by atoms with E-state index in [1.54, 1.807) is 30.2 Å². The van der Waals surface area contributed by atoms with E-state index in [1.165, 1.54) is 0 Å². The van der Waals surface area contributed by atoms with E-state index in [0.717, 1.165) is 19.4 Å². The largest absolute Gasteiger partial charge is 0.497 e. The molecule has 3 rings (SSSR count). The van der Waals surface area contributed by atoms with Gasteiger partial charge in [0.2, 0.25) is 5.91 Å². The summed E-state index contributed by atoms with van der Waals surface area (Å²) in [5.74, 6) is 0.705. The van der Waals surface area contributed by atoms with Crippen LogP contribution in [0.5, 0.6) is 5.75 Å². The Hall–Kier alpha value is -2.12. The van der Waals surface area contributed by atoms with Crippen molar-refractivity contribution in [3.8, 4) is 5.75 Å². The van der Waals surface area contributed by atoms with Gasteiger partial charge in [0.25, 0.3) is 5.91 Å². The molecule has 0 aliphatic carbocycles. The van der Waals surface area contributed by atoms with Gasteiger partial charge in [0.15, 0.2) is 0 Å². The highest BCUT2D eigenvalue weighted by molar-refractivity contribution is 5.94. The second-order valence-electron chi connectivity index (χ2n) is 6.94. The smallest absolute Gasteiger partial charge is 0.254 e. The second-order valence-corrected chi connectivity index (χ2v) is 6.94. The van der Waals surface area contributed by atoms with Crippen molar-refractivity contribution in [3.63, 3.8) is 0 Å². The molecule has 0 bridgehead atoms. The second kappa shape index (κ2) is 8.51. The molecule has 0 radical (unpaired) electrons. The molecule has 2 amide bonds. The molecule has 1 atom stereocenters. The summed E-state index contributed by atoms with van der Waals surface area (Å²) in [7, 11) is 1.58. The number of hydrogen-bond acceptors (Lipinski definition) is 5. The van der Waals surface area contributed by atoms with Gasteiger partial charge in [-0.15, -0.1) is 0 Å². The molecule has 2 aliphatic heterocycles. The van der Waals surface area contributed by atoms with Crippen LogP contribution in [-0.4, -0.2) is 90.6 Å². The number of piperidine rings is 1. The normalized spacial score (nSPS) is 21.5. The number of ether oxygens (including phenoxy) is 1. The number of aliphatic hydroxyl groups excluding tert-OH is 1. The molecule has 0 unspecified atom stereocenters. The summed E-state index contributed by atoms with van der Waals surface area (Å²) in [4.78, 5) is 30.7. The zero-order valence-electron chi connectivity index (χ0n) is 15.3. The summed E-state index contributed by atoms with van der Waals surface area (Å²) in [6.07, 6.45) is 1.42. The molecular formula is C19H27N3O4. The molecule has 2 heterocycles. The lowest BCUT2D eigenvalue weighted by molar-refractivity contribution is -0.134. The van der Waals surface area contributed by atoms with Crippen LogP contribution in [-0.2, 0) is 4.79 Å². The van der Waals surface area contributed by atoms with Gasteiger partial charge in [-0.3, -0.25) is 14.5 Å². The van der Waals surface area contributed by atoms with Gasteiger partial charge in [0.05, 0.1) is 19.8 Å². The lowest BCUT2D eigenvalue weighted by Crippen LogP contribution is -2.53. The van der Waals surface area contributed by atoms with E-state index in [1.807, 2.05) is 15.9 Å². The maximum Gasteiger partial charge on any atom is 0.254 e. The summed E-state index contributed by atoms with van der Waals surface area (Å²) >= 11 is 0. The molecule has 0 spiro atoms. The van der Waals surface area contributed by atoms with Gasteiger partial charge in [0.1, 0.15) is 5.75 Å². The Morgan fingerprint density at radius 2 is 1.88 bits per heavy atom. The molecule has 7 nitrogen and oxygen atoms in total. The highest BCUT2D eigenvalue weighted by Crippen LogP contribution is 2.16. The molecular weight excluding hydrogens is 334 g/mol. The van der Waals surface area contributed by atoms with E-state index >= 15 is 0 Å². The Morgan fingerprint density at radius 3 is 2.58 bits per heavy atom. The fraction of sp³-hybridized carbons (Fsp3) is 0.579. The number of benzene rings is 1. The third-order valence-corrected chi connectivity index (χ3v) is 5.08. The van der Waals surface area contributed by atoms with E-state index in [-0.39, 0.29) is 17.9 Å². The Bertz CT molecular complexity index is 643. The Morgan fingerprint density at radius 1 is 1.15 bits per heavy atom. The van der Waals surface area contributed by atoms with E-state index in [9.17, 15) is 14.7 Å².